The van der Waals surface area contributed by atoms with Crippen LogP contribution in [0.4, 0.5) is 0 Å². The third-order valence-corrected chi connectivity index (χ3v) is 5.04. The van der Waals surface area contributed by atoms with Gasteiger partial charge in [-0.3, -0.25) is 0 Å². The van der Waals surface area contributed by atoms with Crippen molar-refractivity contribution >= 4 is 9.84 Å². The van der Waals surface area contributed by atoms with E-state index in [1.165, 1.54) is 0 Å². The first-order valence-electron chi connectivity index (χ1n) is 6.54. The molecular weight excluding hydrogens is 262 g/mol. The van der Waals surface area contributed by atoms with Gasteiger partial charge >= 0.3 is 0 Å². The maximum absolute atomic E-state index is 11.5. The minimum absolute atomic E-state index is 0.114. The van der Waals surface area contributed by atoms with Crippen LogP contribution in [0.25, 0.3) is 0 Å². The van der Waals surface area contributed by atoms with Gasteiger partial charge in [0, 0.05) is 17.4 Å². The Balaban J connectivity index is 2.68. The third-order valence-electron chi connectivity index (χ3n) is 3.25. The first kappa shape index (κ1) is 16.0. The van der Waals surface area contributed by atoms with E-state index in [9.17, 15) is 8.42 Å². The minimum Gasteiger partial charge on any atom is -0.496 e. The molecule has 0 saturated carbocycles. The van der Waals surface area contributed by atoms with Gasteiger partial charge in [-0.25, -0.2) is 8.42 Å². The summed E-state index contributed by atoms with van der Waals surface area (Å²) >= 11 is 0. The molecule has 0 aliphatic carbocycles. The molecule has 1 aromatic rings. The van der Waals surface area contributed by atoms with Crippen LogP contribution in [0.1, 0.15) is 31.4 Å². The average Bonchev–Trinajstić information content (AvgIpc) is 2.43. The van der Waals surface area contributed by atoms with Crippen molar-refractivity contribution in [1.29, 1.82) is 0 Å². The van der Waals surface area contributed by atoms with Crippen LogP contribution < -0.4 is 10.1 Å². The molecular formula is C14H23NO3S. The number of nitrogens with one attached hydrogen (secondary N) is 1. The van der Waals surface area contributed by atoms with Gasteiger partial charge < -0.3 is 10.1 Å². The fourth-order valence-electron chi connectivity index (χ4n) is 2.06. The Labute approximate surface area is 116 Å². The maximum Gasteiger partial charge on any atom is 0.150 e. The van der Waals surface area contributed by atoms with E-state index in [2.05, 4.69) is 5.32 Å². The van der Waals surface area contributed by atoms with E-state index in [0.29, 0.717) is 6.42 Å². The lowest BCUT2D eigenvalue weighted by Gasteiger charge is -2.19. The predicted molar refractivity (Wildman–Crippen MR) is 78.4 cm³/mol. The standard InChI is InChI=1S/C14H23NO3S/c1-4-19(16,17)11-7-9-13(15-2)12-8-5-6-10-14(12)18-3/h5-6,8,10,13,15H,4,7,9,11H2,1-3H3. The highest BCUT2D eigenvalue weighted by molar-refractivity contribution is 7.91. The maximum atomic E-state index is 11.5. The minimum atomic E-state index is -2.88. The number of rotatable bonds is 8. The first-order valence-corrected chi connectivity index (χ1v) is 8.36. The molecule has 1 atom stereocenters. The number of methoxy groups -OCH3 is 1. The molecule has 0 fully saturated rings. The fourth-order valence-corrected chi connectivity index (χ4v) is 2.96. The van der Waals surface area contributed by atoms with Crippen molar-refractivity contribution < 1.29 is 13.2 Å². The van der Waals surface area contributed by atoms with Gasteiger partial charge in [0.15, 0.2) is 0 Å². The molecule has 0 heterocycles. The quantitative estimate of drug-likeness (QED) is 0.795. The molecule has 0 amide bonds. The van der Waals surface area contributed by atoms with Crippen LogP contribution in [0.5, 0.6) is 5.75 Å². The summed E-state index contributed by atoms with van der Waals surface area (Å²) in [6.45, 7) is 1.69. The Hall–Kier alpha value is -1.07. The van der Waals surface area contributed by atoms with Crippen LogP contribution in [0.3, 0.4) is 0 Å². The summed E-state index contributed by atoms with van der Waals surface area (Å²) in [7, 11) is 0.646. The van der Waals surface area contributed by atoms with Crippen LogP contribution in [-0.4, -0.2) is 34.1 Å². The molecule has 0 saturated heterocycles. The van der Waals surface area contributed by atoms with Crippen molar-refractivity contribution in [2.45, 2.75) is 25.8 Å². The Bertz CT molecular complexity index is 485. The van der Waals surface area contributed by atoms with E-state index in [4.69, 9.17) is 4.74 Å². The van der Waals surface area contributed by atoms with Crippen molar-refractivity contribution in [1.82, 2.24) is 5.32 Å². The van der Waals surface area contributed by atoms with Crippen LogP contribution in [0, 0.1) is 0 Å². The lowest BCUT2D eigenvalue weighted by molar-refractivity contribution is 0.398. The predicted octanol–water partition coefficient (Wildman–Crippen LogP) is 2.17. The molecule has 108 valence electrons. The Kier molecular flexibility index (Phi) is 6.31. The van der Waals surface area contributed by atoms with Crippen molar-refractivity contribution in [2.24, 2.45) is 0 Å². The number of ether oxygens (including phenoxy) is 1. The molecule has 1 N–H and O–H groups in total. The van der Waals surface area contributed by atoms with Gasteiger partial charge in [0.05, 0.1) is 12.9 Å². The molecule has 0 spiro atoms. The topological polar surface area (TPSA) is 55.4 Å². The van der Waals surface area contributed by atoms with E-state index < -0.39 is 9.84 Å². The summed E-state index contributed by atoms with van der Waals surface area (Å²) in [5, 5.41) is 3.22. The molecule has 0 bridgehead atoms. The van der Waals surface area contributed by atoms with Crippen molar-refractivity contribution in [3.63, 3.8) is 0 Å². The number of sulfone groups is 1. The van der Waals surface area contributed by atoms with E-state index in [-0.39, 0.29) is 17.5 Å². The normalized spacial score (nSPS) is 13.2. The van der Waals surface area contributed by atoms with Gasteiger partial charge in [-0.1, -0.05) is 25.1 Å². The van der Waals surface area contributed by atoms with Crippen LogP contribution in [0.2, 0.25) is 0 Å². The Morgan fingerprint density at radius 3 is 2.58 bits per heavy atom. The monoisotopic (exact) mass is 285 g/mol. The fraction of sp³-hybridized carbons (Fsp3) is 0.571. The van der Waals surface area contributed by atoms with Gasteiger partial charge in [-0.05, 0) is 26.0 Å². The molecule has 1 aromatic carbocycles. The zero-order valence-corrected chi connectivity index (χ0v) is 12.7. The summed E-state index contributed by atoms with van der Waals surface area (Å²) in [6, 6.07) is 7.93. The van der Waals surface area contributed by atoms with Gasteiger partial charge in [0.1, 0.15) is 15.6 Å². The van der Waals surface area contributed by atoms with Gasteiger partial charge in [-0.2, -0.15) is 0 Å². The van der Waals surface area contributed by atoms with Crippen molar-refractivity contribution in [2.75, 3.05) is 25.7 Å². The number of para-hydroxylation sites is 1. The van der Waals surface area contributed by atoms with Gasteiger partial charge in [0.2, 0.25) is 0 Å². The zero-order valence-electron chi connectivity index (χ0n) is 11.8. The highest BCUT2D eigenvalue weighted by atomic mass is 32.2. The molecule has 0 aliphatic rings. The Morgan fingerprint density at radius 2 is 2.00 bits per heavy atom. The number of benzene rings is 1. The van der Waals surface area contributed by atoms with E-state index >= 15 is 0 Å². The number of hydrogen-bond donors (Lipinski definition) is 1. The SMILES string of the molecule is CCS(=O)(=O)CCCC(NC)c1ccccc1OC. The summed E-state index contributed by atoms with van der Waals surface area (Å²) in [5.74, 6) is 1.29. The van der Waals surface area contributed by atoms with Crippen molar-refractivity contribution in [3.8, 4) is 5.75 Å². The van der Waals surface area contributed by atoms with E-state index in [1.54, 1.807) is 14.0 Å². The third kappa shape index (κ3) is 4.84. The molecule has 1 rings (SSSR count). The molecule has 0 aliphatic heterocycles. The molecule has 0 aromatic heterocycles. The summed E-state index contributed by atoms with van der Waals surface area (Å²) in [4.78, 5) is 0. The second-order valence-electron chi connectivity index (χ2n) is 4.46. The lowest BCUT2D eigenvalue weighted by atomic mass is 10.0. The second-order valence-corrected chi connectivity index (χ2v) is 6.93. The molecule has 1 unspecified atom stereocenters. The summed E-state index contributed by atoms with van der Waals surface area (Å²) in [5.41, 5.74) is 1.07. The summed E-state index contributed by atoms with van der Waals surface area (Å²) < 4.78 is 28.3. The lowest BCUT2D eigenvalue weighted by Crippen LogP contribution is -2.19. The number of hydrogen-bond acceptors (Lipinski definition) is 4. The van der Waals surface area contributed by atoms with Crippen LogP contribution in [-0.2, 0) is 9.84 Å². The van der Waals surface area contributed by atoms with Crippen LogP contribution in [0.15, 0.2) is 24.3 Å². The van der Waals surface area contributed by atoms with E-state index in [1.807, 2.05) is 31.3 Å². The van der Waals surface area contributed by atoms with Gasteiger partial charge in [0.25, 0.3) is 0 Å². The largest absolute Gasteiger partial charge is 0.496 e. The molecule has 5 heteroatoms. The molecule has 0 radical (unpaired) electrons. The van der Waals surface area contributed by atoms with Gasteiger partial charge in [-0.15, -0.1) is 0 Å². The highest BCUT2D eigenvalue weighted by Crippen LogP contribution is 2.27. The molecule has 4 nitrogen and oxygen atoms in total. The second kappa shape index (κ2) is 7.50. The first-order chi connectivity index (χ1) is 9.04. The molecule has 19 heavy (non-hydrogen) atoms. The Morgan fingerprint density at radius 1 is 1.32 bits per heavy atom. The zero-order chi connectivity index (χ0) is 14.3. The smallest absolute Gasteiger partial charge is 0.150 e. The van der Waals surface area contributed by atoms with Crippen LogP contribution >= 0.6 is 0 Å². The van der Waals surface area contributed by atoms with E-state index in [0.717, 1.165) is 17.7 Å². The average molecular weight is 285 g/mol. The highest BCUT2D eigenvalue weighted by Gasteiger charge is 2.15. The van der Waals surface area contributed by atoms with Crippen molar-refractivity contribution in [3.05, 3.63) is 29.8 Å². The summed E-state index contributed by atoms with van der Waals surface area (Å²) in [6.07, 6.45) is 1.43.